The van der Waals surface area contributed by atoms with Crippen LogP contribution in [0.15, 0.2) is 54.6 Å². The van der Waals surface area contributed by atoms with Gasteiger partial charge in [0.2, 0.25) is 5.88 Å². The average molecular weight is 355 g/mol. The van der Waals surface area contributed by atoms with Crippen LogP contribution in [0.2, 0.25) is 5.02 Å². The molecular formula is C21H23ClN2O. The number of nitrogens with zero attached hydrogens (tertiary/aromatic N) is 2. The Hall–Kier alpha value is -2.10. The van der Waals surface area contributed by atoms with Crippen molar-refractivity contribution in [3.63, 3.8) is 0 Å². The van der Waals surface area contributed by atoms with Crippen LogP contribution >= 0.6 is 11.6 Å². The Morgan fingerprint density at radius 3 is 2.48 bits per heavy atom. The molecule has 0 spiro atoms. The minimum atomic E-state index is 0.620. The molecule has 3 aromatic rings. The number of fused-ring (bicyclic) bond motifs is 1. The second-order valence-electron chi connectivity index (χ2n) is 5.92. The van der Waals surface area contributed by atoms with Gasteiger partial charge in [0, 0.05) is 28.6 Å². The predicted molar refractivity (Wildman–Crippen MR) is 105 cm³/mol. The molecule has 0 radical (unpaired) electrons. The van der Waals surface area contributed by atoms with Crippen molar-refractivity contribution in [3.8, 4) is 17.1 Å². The number of halogens is 1. The third kappa shape index (κ3) is 4.30. The summed E-state index contributed by atoms with van der Waals surface area (Å²) in [5.74, 6) is 0.640. The molecule has 2 aromatic carbocycles. The maximum atomic E-state index is 6.18. The van der Waals surface area contributed by atoms with E-state index in [4.69, 9.17) is 21.3 Å². The summed E-state index contributed by atoms with van der Waals surface area (Å²) in [4.78, 5) is 7.09. The van der Waals surface area contributed by atoms with E-state index in [2.05, 4.69) is 30.9 Å². The van der Waals surface area contributed by atoms with Crippen LogP contribution in [-0.2, 0) is 0 Å². The van der Waals surface area contributed by atoms with E-state index in [1.165, 1.54) is 0 Å². The maximum absolute atomic E-state index is 6.18. The van der Waals surface area contributed by atoms with Crippen molar-refractivity contribution in [2.24, 2.45) is 0 Å². The second-order valence-corrected chi connectivity index (χ2v) is 6.35. The molecule has 4 heteroatoms. The standard InChI is InChI=1S/C21H23ClN2O/c1-3-24(4-2)12-13-25-20-15-17-14-18(22)10-11-19(17)21(23-20)16-8-6-5-7-9-16/h5-11,14-15H,3-4,12-13H2,1-2H3. The Morgan fingerprint density at radius 2 is 1.76 bits per heavy atom. The van der Waals surface area contributed by atoms with Crippen LogP contribution < -0.4 is 4.74 Å². The number of likely N-dealkylation sites (N-methyl/N-ethyl adjacent to an activating group) is 1. The molecule has 0 aliphatic heterocycles. The molecule has 1 aromatic heterocycles. The first-order valence-electron chi connectivity index (χ1n) is 8.72. The van der Waals surface area contributed by atoms with Crippen molar-refractivity contribution in [2.45, 2.75) is 13.8 Å². The molecule has 3 rings (SSSR count). The Morgan fingerprint density at radius 1 is 1.00 bits per heavy atom. The van der Waals surface area contributed by atoms with Gasteiger partial charge in [-0.2, -0.15) is 0 Å². The molecule has 25 heavy (non-hydrogen) atoms. The summed E-state index contributed by atoms with van der Waals surface area (Å²) in [6.07, 6.45) is 0. The van der Waals surface area contributed by atoms with E-state index in [0.29, 0.717) is 17.5 Å². The van der Waals surface area contributed by atoms with Crippen LogP contribution in [0.1, 0.15) is 13.8 Å². The quantitative estimate of drug-likeness (QED) is 0.577. The third-order valence-electron chi connectivity index (χ3n) is 4.37. The SMILES string of the molecule is CCN(CC)CCOc1cc2cc(Cl)ccc2c(-c2ccccc2)n1. The Bertz CT molecular complexity index is 832. The first kappa shape index (κ1) is 17.7. The van der Waals surface area contributed by atoms with Crippen LogP contribution in [-0.4, -0.2) is 36.1 Å². The van der Waals surface area contributed by atoms with Crippen molar-refractivity contribution in [1.29, 1.82) is 0 Å². The fourth-order valence-corrected chi connectivity index (χ4v) is 3.09. The van der Waals surface area contributed by atoms with Crippen LogP contribution in [0.5, 0.6) is 5.88 Å². The number of hydrogen-bond donors (Lipinski definition) is 0. The summed E-state index contributed by atoms with van der Waals surface area (Å²) in [6, 6.07) is 18.0. The molecule has 0 N–H and O–H groups in total. The molecule has 1 heterocycles. The maximum Gasteiger partial charge on any atom is 0.214 e. The number of hydrogen-bond acceptors (Lipinski definition) is 3. The van der Waals surface area contributed by atoms with Gasteiger partial charge in [-0.25, -0.2) is 4.98 Å². The zero-order valence-corrected chi connectivity index (χ0v) is 15.5. The first-order chi connectivity index (χ1) is 12.2. The van der Waals surface area contributed by atoms with Gasteiger partial charge in [0.05, 0.1) is 5.69 Å². The molecule has 0 bridgehead atoms. The molecule has 0 atom stereocenters. The number of aromatic nitrogens is 1. The molecule has 0 unspecified atom stereocenters. The van der Waals surface area contributed by atoms with Crippen LogP contribution in [0.25, 0.3) is 22.0 Å². The minimum Gasteiger partial charge on any atom is -0.476 e. The van der Waals surface area contributed by atoms with E-state index in [9.17, 15) is 0 Å². The average Bonchev–Trinajstić information content (AvgIpc) is 2.65. The highest BCUT2D eigenvalue weighted by atomic mass is 35.5. The summed E-state index contributed by atoms with van der Waals surface area (Å²) in [5, 5.41) is 2.83. The van der Waals surface area contributed by atoms with Crippen molar-refractivity contribution >= 4 is 22.4 Å². The van der Waals surface area contributed by atoms with Gasteiger partial charge in [-0.05, 0) is 30.6 Å². The molecule has 0 fully saturated rings. The molecule has 0 aliphatic rings. The highest BCUT2D eigenvalue weighted by molar-refractivity contribution is 6.31. The molecule has 0 saturated carbocycles. The van der Waals surface area contributed by atoms with Crippen molar-refractivity contribution < 1.29 is 4.74 Å². The van der Waals surface area contributed by atoms with Gasteiger partial charge in [-0.15, -0.1) is 0 Å². The van der Waals surface area contributed by atoms with E-state index >= 15 is 0 Å². The van der Waals surface area contributed by atoms with Crippen molar-refractivity contribution in [2.75, 3.05) is 26.2 Å². The highest BCUT2D eigenvalue weighted by Crippen LogP contribution is 2.31. The second kappa shape index (κ2) is 8.32. The van der Waals surface area contributed by atoms with Gasteiger partial charge in [0.25, 0.3) is 0 Å². The largest absolute Gasteiger partial charge is 0.476 e. The molecule has 130 valence electrons. The lowest BCUT2D eigenvalue weighted by atomic mass is 10.0. The van der Waals surface area contributed by atoms with Gasteiger partial charge >= 0.3 is 0 Å². The van der Waals surface area contributed by atoms with E-state index < -0.39 is 0 Å². The lowest BCUT2D eigenvalue weighted by Gasteiger charge is -2.18. The van der Waals surface area contributed by atoms with Crippen LogP contribution in [0, 0.1) is 0 Å². The van der Waals surface area contributed by atoms with Gasteiger partial charge in [-0.1, -0.05) is 61.8 Å². The highest BCUT2D eigenvalue weighted by Gasteiger charge is 2.10. The lowest BCUT2D eigenvalue weighted by molar-refractivity contribution is 0.218. The summed E-state index contributed by atoms with van der Waals surface area (Å²) in [6.45, 7) is 7.88. The molecule has 3 nitrogen and oxygen atoms in total. The zero-order chi connectivity index (χ0) is 17.6. The Balaban J connectivity index is 1.94. The van der Waals surface area contributed by atoms with Gasteiger partial charge in [0.1, 0.15) is 6.61 Å². The van der Waals surface area contributed by atoms with Crippen LogP contribution in [0.3, 0.4) is 0 Å². The topological polar surface area (TPSA) is 25.4 Å². The predicted octanol–water partition coefficient (Wildman–Crippen LogP) is 5.28. The van der Waals surface area contributed by atoms with E-state index in [-0.39, 0.29) is 0 Å². The first-order valence-corrected chi connectivity index (χ1v) is 9.10. The van der Waals surface area contributed by atoms with Gasteiger partial charge in [-0.3, -0.25) is 0 Å². The smallest absolute Gasteiger partial charge is 0.214 e. The number of rotatable bonds is 7. The fourth-order valence-electron chi connectivity index (χ4n) is 2.91. The minimum absolute atomic E-state index is 0.620. The Labute approximate surface area is 154 Å². The van der Waals surface area contributed by atoms with E-state index in [0.717, 1.165) is 41.7 Å². The lowest BCUT2D eigenvalue weighted by Crippen LogP contribution is -2.28. The monoisotopic (exact) mass is 354 g/mol. The summed E-state index contributed by atoms with van der Waals surface area (Å²) in [5.41, 5.74) is 2.00. The molecule has 0 saturated heterocycles. The van der Waals surface area contributed by atoms with E-state index in [1.54, 1.807) is 0 Å². The van der Waals surface area contributed by atoms with E-state index in [1.807, 2.05) is 42.5 Å². The number of benzene rings is 2. The summed E-state index contributed by atoms with van der Waals surface area (Å²) < 4.78 is 5.95. The number of pyridine rings is 1. The van der Waals surface area contributed by atoms with Crippen molar-refractivity contribution in [3.05, 3.63) is 59.6 Å². The number of ether oxygens (including phenoxy) is 1. The van der Waals surface area contributed by atoms with Crippen molar-refractivity contribution in [1.82, 2.24) is 9.88 Å². The molecular weight excluding hydrogens is 332 g/mol. The zero-order valence-electron chi connectivity index (χ0n) is 14.7. The van der Waals surface area contributed by atoms with Gasteiger partial charge in [0.15, 0.2) is 0 Å². The summed E-state index contributed by atoms with van der Waals surface area (Å²) >= 11 is 6.18. The third-order valence-corrected chi connectivity index (χ3v) is 4.60. The normalized spacial score (nSPS) is 11.2. The van der Waals surface area contributed by atoms with Crippen LogP contribution in [0.4, 0.5) is 0 Å². The fraction of sp³-hybridized carbons (Fsp3) is 0.286. The van der Waals surface area contributed by atoms with Gasteiger partial charge < -0.3 is 9.64 Å². The molecule has 0 amide bonds. The molecule has 0 aliphatic carbocycles. The summed E-state index contributed by atoms with van der Waals surface area (Å²) in [7, 11) is 0. The Kier molecular flexibility index (Phi) is 5.90.